The predicted octanol–water partition coefficient (Wildman–Crippen LogP) is 8.95. The molecule has 0 spiro atoms. The van der Waals surface area contributed by atoms with Gasteiger partial charge in [0.15, 0.2) is 0 Å². The van der Waals surface area contributed by atoms with Crippen LogP contribution in [0.3, 0.4) is 0 Å². The van der Waals surface area contributed by atoms with E-state index in [9.17, 15) is 4.79 Å². The van der Waals surface area contributed by atoms with E-state index in [1.165, 1.54) is 50.5 Å². The van der Waals surface area contributed by atoms with Crippen molar-refractivity contribution in [1.82, 2.24) is 24.6 Å². The van der Waals surface area contributed by atoms with Crippen molar-refractivity contribution in [2.75, 3.05) is 25.0 Å². The van der Waals surface area contributed by atoms with Crippen molar-refractivity contribution >= 4 is 22.6 Å². The summed E-state index contributed by atoms with van der Waals surface area (Å²) in [5.74, 6) is 2.29. The van der Waals surface area contributed by atoms with Gasteiger partial charge in [0, 0.05) is 37.1 Å². The van der Waals surface area contributed by atoms with Gasteiger partial charge in [-0.2, -0.15) is 5.10 Å². The number of nitrogens with zero attached hydrogens (tertiary/aromatic N) is 4. The van der Waals surface area contributed by atoms with Gasteiger partial charge in [-0.25, -0.2) is 9.67 Å². The molecule has 48 heavy (non-hydrogen) atoms. The van der Waals surface area contributed by atoms with Crippen LogP contribution < -0.4 is 10.1 Å². The highest BCUT2D eigenvalue weighted by Crippen LogP contribution is 2.31. The molecule has 8 nitrogen and oxygen atoms in total. The van der Waals surface area contributed by atoms with Gasteiger partial charge in [0.2, 0.25) is 0 Å². The molecule has 0 atom stereocenters. The Balaban J connectivity index is 0.942. The van der Waals surface area contributed by atoms with Gasteiger partial charge in [-0.3, -0.25) is 9.69 Å². The zero-order valence-electron chi connectivity index (χ0n) is 28.0. The molecule has 1 aliphatic carbocycles. The topological polar surface area (TPSA) is 88.1 Å². The zero-order valence-corrected chi connectivity index (χ0v) is 28.0. The minimum atomic E-state index is -0.152. The number of hydrogen-bond acceptors (Lipinski definition) is 5. The maximum absolute atomic E-state index is 13.2. The maximum Gasteiger partial charge on any atom is 0.255 e. The third-order valence-corrected chi connectivity index (χ3v) is 9.77. The molecular formula is C40H46N6O2. The fourth-order valence-corrected chi connectivity index (χ4v) is 7.04. The summed E-state index contributed by atoms with van der Waals surface area (Å²) in [6, 6.07) is 21.7. The first kappa shape index (κ1) is 31.9. The van der Waals surface area contributed by atoms with Crippen LogP contribution in [0.2, 0.25) is 0 Å². The van der Waals surface area contributed by atoms with Crippen molar-refractivity contribution in [2.24, 2.45) is 5.92 Å². The van der Waals surface area contributed by atoms with Crippen LogP contribution in [0, 0.1) is 5.92 Å². The average Bonchev–Trinajstić information content (AvgIpc) is 3.87. The van der Waals surface area contributed by atoms with Gasteiger partial charge < -0.3 is 15.0 Å². The fourth-order valence-electron chi connectivity index (χ4n) is 7.04. The van der Waals surface area contributed by atoms with Crippen molar-refractivity contribution in [3.63, 3.8) is 0 Å². The van der Waals surface area contributed by atoms with Gasteiger partial charge in [0.1, 0.15) is 17.3 Å². The molecule has 3 heterocycles. The quantitative estimate of drug-likeness (QED) is 0.133. The molecule has 5 aromatic rings. The first-order valence-electron chi connectivity index (χ1n) is 17.7. The van der Waals surface area contributed by atoms with Crippen LogP contribution in [-0.2, 0) is 6.54 Å². The summed E-state index contributed by atoms with van der Waals surface area (Å²) < 4.78 is 7.72. The highest BCUT2D eigenvalue weighted by molar-refractivity contribution is 6.06. The standard InChI is InChI=1S/C40H46N6O2/c1-2-24-48-38-12-6-5-11-37(38)46-28-33(26-41-46)39-43-35-20-17-32(25-36(35)44-39)40(47)42-34-18-15-31(16-19-34)27-45-22-7-10-30(21-23-45)14-13-29-8-3-4-9-29/h5-6,10-12,15-20,25-26,28-29H,2-4,7-9,13-14,21-24,27H2,1H3,(H,42,47)(H,43,44). The number of para-hydroxylation sites is 2. The Morgan fingerprint density at radius 1 is 1.04 bits per heavy atom. The number of nitrogens with one attached hydrogen (secondary N) is 2. The maximum atomic E-state index is 13.2. The number of carbonyl (C=O) groups is 1. The molecule has 0 unspecified atom stereocenters. The van der Waals surface area contributed by atoms with Crippen molar-refractivity contribution in [3.05, 3.63) is 102 Å². The molecular weight excluding hydrogens is 596 g/mol. The van der Waals surface area contributed by atoms with E-state index in [-0.39, 0.29) is 5.91 Å². The Hall–Kier alpha value is -4.69. The minimum absolute atomic E-state index is 0.152. The monoisotopic (exact) mass is 642 g/mol. The Morgan fingerprint density at radius 2 is 1.90 bits per heavy atom. The van der Waals surface area contributed by atoms with Crippen molar-refractivity contribution in [2.45, 2.75) is 71.3 Å². The highest BCUT2D eigenvalue weighted by Gasteiger charge is 2.17. The molecule has 3 aromatic carbocycles. The van der Waals surface area contributed by atoms with Gasteiger partial charge in [-0.1, -0.05) is 68.5 Å². The van der Waals surface area contributed by atoms with Crippen LogP contribution in [-0.4, -0.2) is 50.3 Å². The van der Waals surface area contributed by atoms with E-state index in [0.29, 0.717) is 18.0 Å². The van der Waals surface area contributed by atoms with Crippen molar-refractivity contribution in [1.29, 1.82) is 0 Å². The number of fused-ring (bicyclic) bond motifs is 1. The summed E-state index contributed by atoms with van der Waals surface area (Å²) in [7, 11) is 0. The Labute approximate surface area is 283 Å². The van der Waals surface area contributed by atoms with E-state index in [0.717, 1.165) is 72.1 Å². The lowest BCUT2D eigenvalue weighted by Gasteiger charge is -2.20. The molecule has 1 saturated carbocycles. The molecule has 1 fully saturated rings. The second-order valence-electron chi connectivity index (χ2n) is 13.3. The Morgan fingerprint density at radius 3 is 2.75 bits per heavy atom. The molecule has 248 valence electrons. The Bertz CT molecular complexity index is 1860. The number of carbonyl (C=O) groups excluding carboxylic acids is 1. The molecule has 1 aliphatic heterocycles. The lowest BCUT2D eigenvalue weighted by Crippen LogP contribution is -2.24. The molecule has 0 radical (unpaired) electrons. The van der Waals surface area contributed by atoms with Crippen molar-refractivity contribution in [3.8, 4) is 22.8 Å². The summed E-state index contributed by atoms with van der Waals surface area (Å²) >= 11 is 0. The molecule has 2 aliphatic rings. The Kier molecular flexibility index (Phi) is 9.98. The number of amides is 1. The molecule has 8 heteroatoms. The second kappa shape index (κ2) is 15.0. The van der Waals surface area contributed by atoms with Crippen molar-refractivity contribution < 1.29 is 9.53 Å². The van der Waals surface area contributed by atoms with Crippen LogP contribution in [0.15, 0.2) is 90.8 Å². The lowest BCUT2D eigenvalue weighted by molar-refractivity contribution is 0.102. The first-order chi connectivity index (χ1) is 23.6. The molecule has 0 bridgehead atoms. The molecule has 1 amide bonds. The fraction of sp³-hybridized carbons (Fsp3) is 0.375. The number of H-pyrrole nitrogens is 1. The molecule has 7 rings (SSSR count). The number of ether oxygens (including phenoxy) is 1. The SMILES string of the molecule is CCCOc1ccccc1-n1cc(-c2nc3ccc(C(=O)Nc4ccc(CN5CCC=C(CCC6CCCC6)CC5)cc4)cc3[nH]2)cn1. The number of hydrogen-bond donors (Lipinski definition) is 2. The number of anilines is 1. The van der Waals surface area contributed by atoms with Gasteiger partial charge >= 0.3 is 0 Å². The smallest absolute Gasteiger partial charge is 0.255 e. The van der Waals surface area contributed by atoms with Gasteiger partial charge in [0.25, 0.3) is 5.91 Å². The van der Waals surface area contributed by atoms with Gasteiger partial charge in [-0.15, -0.1) is 0 Å². The van der Waals surface area contributed by atoms with E-state index in [1.807, 2.05) is 60.8 Å². The average molecular weight is 643 g/mol. The summed E-state index contributed by atoms with van der Waals surface area (Å²) in [6.07, 6.45) is 17.9. The van der Waals surface area contributed by atoms with Crippen LogP contribution >= 0.6 is 0 Å². The van der Waals surface area contributed by atoms with Crippen LogP contribution in [0.25, 0.3) is 28.1 Å². The van der Waals surface area contributed by atoms with Gasteiger partial charge in [0.05, 0.1) is 29.4 Å². The normalized spacial score (nSPS) is 15.8. The van der Waals surface area contributed by atoms with Gasteiger partial charge in [-0.05, 0) is 86.1 Å². The third kappa shape index (κ3) is 7.71. The van der Waals surface area contributed by atoms with E-state index in [2.05, 4.69) is 45.4 Å². The van der Waals surface area contributed by atoms with E-state index in [4.69, 9.17) is 9.72 Å². The van der Waals surface area contributed by atoms with Crippen LogP contribution in [0.1, 0.15) is 80.6 Å². The molecule has 0 saturated heterocycles. The summed E-state index contributed by atoms with van der Waals surface area (Å²) in [6.45, 7) is 5.90. The first-order valence-corrected chi connectivity index (χ1v) is 17.7. The highest BCUT2D eigenvalue weighted by atomic mass is 16.5. The minimum Gasteiger partial charge on any atom is -0.491 e. The number of rotatable bonds is 12. The van der Waals surface area contributed by atoms with E-state index < -0.39 is 0 Å². The second-order valence-corrected chi connectivity index (χ2v) is 13.3. The predicted molar refractivity (Wildman–Crippen MR) is 193 cm³/mol. The number of aromatic amines is 1. The summed E-state index contributed by atoms with van der Waals surface area (Å²) in [5, 5.41) is 7.63. The van der Waals surface area contributed by atoms with Crippen LogP contribution in [0.4, 0.5) is 5.69 Å². The number of benzene rings is 3. The van der Waals surface area contributed by atoms with Crippen LogP contribution in [0.5, 0.6) is 5.75 Å². The third-order valence-electron chi connectivity index (χ3n) is 9.77. The summed E-state index contributed by atoms with van der Waals surface area (Å²) in [5.41, 5.74) is 7.59. The molecule has 2 N–H and O–H groups in total. The molecule has 2 aromatic heterocycles. The largest absolute Gasteiger partial charge is 0.491 e. The number of aromatic nitrogens is 4. The number of imidazole rings is 1. The van der Waals surface area contributed by atoms with E-state index in [1.54, 1.807) is 16.5 Å². The lowest BCUT2D eigenvalue weighted by atomic mass is 9.96. The summed E-state index contributed by atoms with van der Waals surface area (Å²) in [4.78, 5) is 23.9. The zero-order chi connectivity index (χ0) is 32.7. The van der Waals surface area contributed by atoms with E-state index >= 15 is 0 Å².